The summed E-state index contributed by atoms with van der Waals surface area (Å²) in [5.41, 5.74) is -0.982. The van der Waals surface area contributed by atoms with Gasteiger partial charge in [-0.1, -0.05) is 0 Å². The first kappa shape index (κ1) is 12.7. The van der Waals surface area contributed by atoms with Crippen molar-refractivity contribution in [2.75, 3.05) is 7.11 Å². The van der Waals surface area contributed by atoms with E-state index in [0.717, 1.165) is 7.11 Å². The summed E-state index contributed by atoms with van der Waals surface area (Å²) in [7, 11) is 1.10. The number of carbonyl (C=O) groups excluding carboxylic acids is 1. The van der Waals surface area contributed by atoms with Crippen LogP contribution in [0.1, 0.15) is 10.5 Å². The Bertz CT molecular complexity index is 679. The molecule has 0 amide bonds. The molecular weight excluding hydrogens is 255 g/mol. The number of hydrogen-bond donors (Lipinski definition) is 2. The van der Waals surface area contributed by atoms with Gasteiger partial charge in [0.2, 0.25) is 5.75 Å². The van der Waals surface area contributed by atoms with Crippen molar-refractivity contribution in [2.24, 2.45) is 0 Å². The van der Waals surface area contributed by atoms with Gasteiger partial charge >= 0.3 is 5.97 Å². The minimum absolute atomic E-state index is 0.0307. The summed E-state index contributed by atoms with van der Waals surface area (Å²) < 4.78 is 17.2. The fourth-order valence-corrected chi connectivity index (χ4v) is 1.45. The molecule has 19 heavy (non-hydrogen) atoms. The van der Waals surface area contributed by atoms with Crippen LogP contribution in [-0.4, -0.2) is 28.2 Å². The molecule has 0 spiro atoms. The van der Waals surface area contributed by atoms with E-state index in [-0.39, 0.29) is 5.82 Å². The van der Waals surface area contributed by atoms with E-state index >= 15 is 0 Å². The topological polar surface area (TPSA) is 92.3 Å². The molecule has 0 aliphatic carbocycles. The molecule has 2 rings (SSSR count). The lowest BCUT2D eigenvalue weighted by Gasteiger charge is -2.05. The quantitative estimate of drug-likeness (QED) is 0.791. The number of carbonyl (C=O) groups is 1. The van der Waals surface area contributed by atoms with Gasteiger partial charge in [-0.3, -0.25) is 4.79 Å². The van der Waals surface area contributed by atoms with Crippen LogP contribution in [0, 0.1) is 5.82 Å². The first-order valence-electron chi connectivity index (χ1n) is 5.20. The predicted octanol–water partition coefficient (Wildman–Crippen LogP) is 1.07. The Labute approximate surface area is 106 Å². The predicted molar refractivity (Wildman–Crippen MR) is 63.3 cm³/mol. The number of nitrogens with zero attached hydrogens (tertiary/aromatic N) is 1. The summed E-state index contributed by atoms with van der Waals surface area (Å²) >= 11 is 0. The number of aromatic amines is 1. The van der Waals surface area contributed by atoms with Crippen LogP contribution in [0.25, 0.3) is 11.4 Å². The van der Waals surface area contributed by atoms with E-state index in [9.17, 15) is 19.1 Å². The number of esters is 1. The molecule has 6 nitrogen and oxygen atoms in total. The minimum atomic E-state index is -0.938. The average molecular weight is 264 g/mol. The summed E-state index contributed by atoms with van der Waals surface area (Å²) in [6.07, 6.45) is 0. The van der Waals surface area contributed by atoms with Crippen LogP contribution in [0.5, 0.6) is 5.75 Å². The third kappa shape index (κ3) is 2.44. The van der Waals surface area contributed by atoms with Gasteiger partial charge in [0.25, 0.3) is 5.56 Å². The van der Waals surface area contributed by atoms with E-state index in [1.165, 1.54) is 24.3 Å². The first-order chi connectivity index (χ1) is 9.02. The van der Waals surface area contributed by atoms with Crippen LogP contribution in [-0.2, 0) is 4.74 Å². The zero-order valence-electron chi connectivity index (χ0n) is 9.81. The molecule has 0 radical (unpaired) electrons. The Morgan fingerprint density at radius 3 is 2.58 bits per heavy atom. The Hall–Kier alpha value is -2.70. The molecule has 2 aromatic rings. The number of nitrogens with one attached hydrogen (secondary N) is 1. The number of hydrogen-bond acceptors (Lipinski definition) is 5. The molecule has 0 saturated carbocycles. The molecule has 98 valence electrons. The molecule has 1 aromatic carbocycles. The highest BCUT2D eigenvalue weighted by atomic mass is 19.1. The number of methoxy groups -OCH3 is 1. The number of halogens is 1. The van der Waals surface area contributed by atoms with Crippen LogP contribution in [0.2, 0.25) is 0 Å². The summed E-state index contributed by atoms with van der Waals surface area (Å²) in [5, 5.41) is 9.45. The monoisotopic (exact) mass is 264 g/mol. The lowest BCUT2D eigenvalue weighted by atomic mass is 10.2. The van der Waals surface area contributed by atoms with Crippen LogP contribution < -0.4 is 5.56 Å². The van der Waals surface area contributed by atoms with E-state index in [1.54, 1.807) is 0 Å². The van der Waals surface area contributed by atoms with Crippen molar-refractivity contribution in [1.82, 2.24) is 9.97 Å². The lowest BCUT2D eigenvalue weighted by Crippen LogP contribution is -2.16. The number of H-pyrrole nitrogens is 1. The largest absolute Gasteiger partial charge is 0.501 e. The molecule has 0 atom stereocenters. The zero-order valence-corrected chi connectivity index (χ0v) is 9.81. The smallest absolute Gasteiger partial charge is 0.360 e. The van der Waals surface area contributed by atoms with Gasteiger partial charge in [0.05, 0.1) is 7.11 Å². The highest BCUT2D eigenvalue weighted by molar-refractivity contribution is 5.90. The third-order valence-corrected chi connectivity index (χ3v) is 2.39. The minimum Gasteiger partial charge on any atom is -0.501 e. The molecule has 7 heteroatoms. The Balaban J connectivity index is 2.59. The normalized spacial score (nSPS) is 10.2. The summed E-state index contributed by atoms with van der Waals surface area (Å²) in [4.78, 5) is 28.9. The van der Waals surface area contributed by atoms with Crippen molar-refractivity contribution >= 4 is 5.97 Å². The fourth-order valence-electron chi connectivity index (χ4n) is 1.45. The van der Waals surface area contributed by atoms with Gasteiger partial charge in [0.15, 0.2) is 5.69 Å². The maximum atomic E-state index is 12.8. The molecule has 0 aliphatic heterocycles. The lowest BCUT2D eigenvalue weighted by molar-refractivity contribution is 0.0590. The van der Waals surface area contributed by atoms with Gasteiger partial charge < -0.3 is 14.8 Å². The van der Waals surface area contributed by atoms with E-state index in [0.29, 0.717) is 5.56 Å². The van der Waals surface area contributed by atoms with Gasteiger partial charge in [-0.2, -0.15) is 0 Å². The highest BCUT2D eigenvalue weighted by Crippen LogP contribution is 2.17. The third-order valence-electron chi connectivity index (χ3n) is 2.39. The molecule has 1 heterocycles. The number of ether oxygens (including phenoxy) is 1. The van der Waals surface area contributed by atoms with Crippen molar-refractivity contribution in [3.63, 3.8) is 0 Å². The van der Waals surface area contributed by atoms with Gasteiger partial charge in [-0.15, -0.1) is 0 Å². The zero-order chi connectivity index (χ0) is 14.0. The molecule has 1 aromatic heterocycles. The fraction of sp³-hybridized carbons (Fsp3) is 0.0833. The van der Waals surface area contributed by atoms with Gasteiger partial charge in [-0.05, 0) is 24.3 Å². The number of rotatable bonds is 2. The Morgan fingerprint density at radius 2 is 2.00 bits per heavy atom. The molecule has 0 saturated heterocycles. The maximum absolute atomic E-state index is 12.8. The van der Waals surface area contributed by atoms with Crippen molar-refractivity contribution < 1.29 is 19.0 Å². The van der Waals surface area contributed by atoms with Crippen LogP contribution in [0.4, 0.5) is 4.39 Å². The SMILES string of the molecule is COC(=O)c1nc(-c2ccc(F)cc2)[nH]c(=O)c1O. The highest BCUT2D eigenvalue weighted by Gasteiger charge is 2.18. The van der Waals surface area contributed by atoms with E-state index in [4.69, 9.17) is 0 Å². The Morgan fingerprint density at radius 1 is 1.37 bits per heavy atom. The van der Waals surface area contributed by atoms with E-state index in [2.05, 4.69) is 14.7 Å². The second kappa shape index (κ2) is 4.89. The first-order valence-corrected chi connectivity index (χ1v) is 5.20. The standard InChI is InChI=1S/C12H9FN2O4/c1-19-12(18)8-9(16)11(17)15-10(14-8)6-2-4-7(13)5-3-6/h2-5,16H,1H3,(H,14,15,17). The molecule has 0 bridgehead atoms. The second-order valence-electron chi connectivity index (χ2n) is 3.61. The number of aromatic nitrogens is 2. The summed E-state index contributed by atoms with van der Waals surface area (Å²) in [5.74, 6) is -2.18. The number of aromatic hydroxyl groups is 1. The van der Waals surface area contributed by atoms with Crippen molar-refractivity contribution in [3.05, 3.63) is 46.1 Å². The van der Waals surface area contributed by atoms with Crippen molar-refractivity contribution in [1.29, 1.82) is 0 Å². The van der Waals surface area contributed by atoms with Crippen LogP contribution >= 0.6 is 0 Å². The van der Waals surface area contributed by atoms with E-state index < -0.39 is 28.8 Å². The van der Waals surface area contributed by atoms with Crippen LogP contribution in [0.15, 0.2) is 29.1 Å². The van der Waals surface area contributed by atoms with Gasteiger partial charge in [-0.25, -0.2) is 14.2 Å². The second-order valence-corrected chi connectivity index (χ2v) is 3.61. The van der Waals surface area contributed by atoms with Gasteiger partial charge in [0, 0.05) is 5.56 Å². The number of benzene rings is 1. The van der Waals surface area contributed by atoms with Crippen molar-refractivity contribution in [3.8, 4) is 17.1 Å². The average Bonchev–Trinajstić information content (AvgIpc) is 2.41. The maximum Gasteiger partial charge on any atom is 0.360 e. The summed E-state index contributed by atoms with van der Waals surface area (Å²) in [6, 6.07) is 5.12. The molecular formula is C12H9FN2O4. The van der Waals surface area contributed by atoms with Gasteiger partial charge in [0.1, 0.15) is 11.6 Å². The molecule has 0 unspecified atom stereocenters. The van der Waals surface area contributed by atoms with Crippen molar-refractivity contribution in [2.45, 2.75) is 0 Å². The Kier molecular flexibility index (Phi) is 3.28. The molecule has 2 N–H and O–H groups in total. The summed E-state index contributed by atoms with van der Waals surface area (Å²) in [6.45, 7) is 0. The van der Waals surface area contributed by atoms with E-state index in [1.807, 2.05) is 0 Å². The van der Waals surface area contributed by atoms with Crippen LogP contribution in [0.3, 0.4) is 0 Å². The molecule has 0 fully saturated rings. The molecule has 0 aliphatic rings.